The highest BCUT2D eigenvalue weighted by atomic mass is 32.2. The molecule has 0 bridgehead atoms. The van der Waals surface area contributed by atoms with E-state index < -0.39 is 0 Å². The van der Waals surface area contributed by atoms with Crippen molar-refractivity contribution in [3.05, 3.63) is 194 Å². The highest BCUT2D eigenvalue weighted by molar-refractivity contribution is 8.00. The van der Waals surface area contributed by atoms with Gasteiger partial charge in [0.1, 0.15) is 0 Å². The van der Waals surface area contributed by atoms with E-state index in [9.17, 15) is 0 Å². The molecule has 4 heterocycles. The van der Waals surface area contributed by atoms with E-state index >= 15 is 0 Å². The molecule has 6 heteroatoms. The van der Waals surface area contributed by atoms with Crippen LogP contribution in [0.1, 0.15) is 0 Å². The average molecular weight is 750 g/mol. The summed E-state index contributed by atoms with van der Waals surface area (Å²) in [6.07, 6.45) is 0. The molecule has 2 aromatic heterocycles. The third kappa shape index (κ3) is 4.67. The van der Waals surface area contributed by atoms with Crippen molar-refractivity contribution in [2.75, 3.05) is 9.80 Å². The van der Waals surface area contributed by atoms with Gasteiger partial charge in [0, 0.05) is 59.4 Å². The van der Waals surface area contributed by atoms with Crippen molar-refractivity contribution in [2.45, 2.75) is 9.79 Å². The maximum absolute atomic E-state index is 2.64. The summed E-state index contributed by atoms with van der Waals surface area (Å²) in [5.74, 6) is 0. The van der Waals surface area contributed by atoms with Crippen molar-refractivity contribution in [1.29, 1.82) is 0 Å². The largest absolute Gasteiger partial charge is 0.310 e. The van der Waals surface area contributed by atoms with E-state index in [1.807, 2.05) is 23.1 Å². The molecule has 0 saturated carbocycles. The number of anilines is 6. The van der Waals surface area contributed by atoms with Crippen molar-refractivity contribution in [3.8, 4) is 5.69 Å². The van der Waals surface area contributed by atoms with Crippen LogP contribution in [-0.2, 0) is 0 Å². The molecule has 0 unspecified atom stereocenters. The monoisotopic (exact) mass is 749 g/mol. The van der Waals surface area contributed by atoms with Crippen LogP contribution in [0.25, 0.3) is 36.9 Å². The molecule has 12 rings (SSSR count). The number of thiophene rings is 1. The topological polar surface area (TPSA) is 11.4 Å². The Morgan fingerprint density at radius 3 is 1.68 bits per heavy atom. The molecule has 0 atom stereocenters. The van der Waals surface area contributed by atoms with Gasteiger partial charge in [0.25, 0.3) is 0 Å². The summed E-state index contributed by atoms with van der Waals surface area (Å²) in [5.41, 5.74) is 14.8. The molecule has 0 saturated heterocycles. The van der Waals surface area contributed by atoms with Crippen LogP contribution in [0.4, 0.5) is 34.1 Å². The second-order valence-corrected chi connectivity index (χ2v) is 16.6. The van der Waals surface area contributed by atoms with Crippen molar-refractivity contribution in [3.63, 3.8) is 0 Å². The van der Waals surface area contributed by atoms with Crippen molar-refractivity contribution in [1.82, 2.24) is 4.57 Å². The predicted molar refractivity (Wildman–Crippen MR) is 241 cm³/mol. The first-order valence-electron chi connectivity index (χ1n) is 19.1. The number of hydrogen-bond donors (Lipinski definition) is 0. The number of nitrogens with zero attached hydrogens (tertiary/aromatic N) is 3. The van der Waals surface area contributed by atoms with Crippen LogP contribution in [0.5, 0.6) is 0 Å². The molecule has 10 aromatic rings. The first-order valence-corrected chi connectivity index (χ1v) is 20.7. The average Bonchev–Trinajstić information content (AvgIpc) is 3.80. The fourth-order valence-corrected chi connectivity index (χ4v) is 11.6. The Hall–Kier alpha value is -6.47. The van der Waals surface area contributed by atoms with E-state index in [1.165, 1.54) is 68.8 Å². The highest BCUT2D eigenvalue weighted by Crippen LogP contribution is 2.50. The van der Waals surface area contributed by atoms with Crippen LogP contribution in [-0.4, -0.2) is 11.3 Å². The number of aromatic nitrogens is 1. The Kier molecular flexibility index (Phi) is 7.13. The Morgan fingerprint density at radius 1 is 0.446 bits per heavy atom. The summed E-state index contributed by atoms with van der Waals surface area (Å²) in [5, 5.41) is 2.58. The van der Waals surface area contributed by atoms with Gasteiger partial charge in [0.2, 0.25) is 6.71 Å². The van der Waals surface area contributed by atoms with Crippen LogP contribution in [0.3, 0.4) is 0 Å². The summed E-state index contributed by atoms with van der Waals surface area (Å²) in [7, 11) is 0. The van der Waals surface area contributed by atoms with E-state index in [-0.39, 0.29) is 6.71 Å². The van der Waals surface area contributed by atoms with Gasteiger partial charge in [-0.05, 0) is 89.8 Å². The minimum absolute atomic E-state index is 0.0922. The number of hydrogen-bond acceptors (Lipinski definition) is 4. The Morgan fingerprint density at radius 2 is 1.02 bits per heavy atom. The van der Waals surface area contributed by atoms with Crippen LogP contribution in [0, 0.1) is 0 Å². The van der Waals surface area contributed by atoms with E-state index in [4.69, 9.17) is 0 Å². The zero-order valence-electron chi connectivity index (χ0n) is 30.2. The molecule has 8 aromatic carbocycles. The zero-order valence-corrected chi connectivity index (χ0v) is 31.8. The normalized spacial score (nSPS) is 12.5. The molecule has 0 N–H and O–H groups in total. The molecule has 0 spiro atoms. The highest BCUT2D eigenvalue weighted by Gasteiger charge is 2.41. The maximum atomic E-state index is 2.64. The molecule has 2 aliphatic rings. The van der Waals surface area contributed by atoms with E-state index in [1.54, 1.807) is 0 Å². The lowest BCUT2D eigenvalue weighted by Crippen LogP contribution is -2.58. The summed E-state index contributed by atoms with van der Waals surface area (Å²) >= 11 is 3.82. The summed E-state index contributed by atoms with van der Waals surface area (Å²) in [4.78, 5) is 7.48. The molecule has 0 aliphatic carbocycles. The maximum Gasteiger partial charge on any atom is 0.249 e. The van der Waals surface area contributed by atoms with Crippen LogP contribution < -0.4 is 26.2 Å². The summed E-state index contributed by atoms with van der Waals surface area (Å²) in [6.45, 7) is 0.0922. The van der Waals surface area contributed by atoms with Gasteiger partial charge >= 0.3 is 0 Å². The first kappa shape index (κ1) is 31.8. The Labute approximate surface area is 333 Å². The lowest BCUT2D eigenvalue weighted by molar-refractivity contribution is 1.16. The van der Waals surface area contributed by atoms with Gasteiger partial charge in [-0.15, -0.1) is 11.3 Å². The van der Waals surface area contributed by atoms with Gasteiger partial charge in [-0.2, -0.15) is 0 Å². The Balaban J connectivity index is 1.24. The Bertz CT molecular complexity index is 3040. The molecule has 56 heavy (non-hydrogen) atoms. The van der Waals surface area contributed by atoms with Gasteiger partial charge < -0.3 is 14.4 Å². The minimum atomic E-state index is 0.0922. The second-order valence-electron chi connectivity index (χ2n) is 14.5. The zero-order chi connectivity index (χ0) is 36.7. The lowest BCUT2D eigenvalue weighted by atomic mass is 9.35. The van der Waals surface area contributed by atoms with Gasteiger partial charge in [-0.1, -0.05) is 132 Å². The number of para-hydroxylation sites is 4. The fraction of sp³-hybridized carbons (Fsp3) is 0. The molecular weight excluding hydrogens is 718 g/mol. The summed E-state index contributed by atoms with van der Waals surface area (Å²) in [6, 6.07) is 71.0. The van der Waals surface area contributed by atoms with Crippen LogP contribution >= 0.6 is 23.1 Å². The fourth-order valence-electron chi connectivity index (χ4n) is 9.13. The van der Waals surface area contributed by atoms with E-state index in [0.29, 0.717) is 0 Å². The van der Waals surface area contributed by atoms with E-state index in [2.05, 4.69) is 208 Å². The van der Waals surface area contributed by atoms with Gasteiger partial charge in [0.15, 0.2) is 0 Å². The smallest absolute Gasteiger partial charge is 0.249 e. The second kappa shape index (κ2) is 12.5. The lowest BCUT2D eigenvalue weighted by Gasteiger charge is -2.36. The third-order valence-electron chi connectivity index (χ3n) is 11.4. The van der Waals surface area contributed by atoms with Gasteiger partial charge in [-0.3, -0.25) is 0 Å². The number of rotatable bonds is 6. The SMILES string of the molecule is c1ccc(N(c2ccccc2)c2cc3c4c(c2)-n2c5c(ccc(N(c6ccccc6)c6ccccc6)c5c5sc6ccccc6c52)B4c2ccccc2S3)cc1. The molecule has 3 nitrogen and oxygen atoms in total. The van der Waals surface area contributed by atoms with Crippen molar-refractivity contribution >= 4 is 112 Å². The standard InChI is InChI=1S/C50H32BN3S2/c1-5-17-33(18-6-1)52(34-19-7-2-8-20-34)37-31-42-47-45(32-37)55-44-28-16-14-26-39(44)51(47)40-29-30-41(53(35-21-9-3-10-22-35)36-23-11-4-12-24-36)46-49(40)54(42)48-38-25-13-15-27-43(38)56-50(46)48/h1-32H. The van der Waals surface area contributed by atoms with E-state index in [0.717, 1.165) is 28.4 Å². The number of benzene rings is 8. The van der Waals surface area contributed by atoms with Crippen molar-refractivity contribution in [2.24, 2.45) is 0 Å². The van der Waals surface area contributed by atoms with Gasteiger partial charge in [0.05, 0.1) is 21.4 Å². The molecule has 0 fully saturated rings. The molecular formula is C50H32BN3S2. The van der Waals surface area contributed by atoms with Gasteiger partial charge in [-0.25, -0.2) is 0 Å². The quantitative estimate of drug-likeness (QED) is 0.157. The minimum Gasteiger partial charge on any atom is -0.310 e. The van der Waals surface area contributed by atoms with Crippen LogP contribution in [0.2, 0.25) is 0 Å². The molecule has 2 aliphatic heterocycles. The van der Waals surface area contributed by atoms with Crippen molar-refractivity contribution < 1.29 is 0 Å². The third-order valence-corrected chi connectivity index (χ3v) is 13.7. The van der Waals surface area contributed by atoms with Crippen LogP contribution in [0.15, 0.2) is 204 Å². The molecule has 0 amide bonds. The molecule has 262 valence electrons. The molecule has 0 radical (unpaired) electrons. The predicted octanol–water partition coefficient (Wildman–Crippen LogP) is 12.2. The number of fused-ring (bicyclic) bond motifs is 9. The first-order chi connectivity index (χ1) is 27.8. The summed E-state index contributed by atoms with van der Waals surface area (Å²) < 4.78 is 5.25.